The number of nitrogens with zero attached hydrogens (tertiary/aromatic N) is 1. The Balaban J connectivity index is 2.01. The molecule has 0 spiro atoms. The van der Waals surface area contributed by atoms with Crippen LogP contribution in [0.15, 0.2) is 12.4 Å². The van der Waals surface area contributed by atoms with Crippen molar-refractivity contribution in [2.45, 2.75) is 38.3 Å². The second-order valence-electron chi connectivity index (χ2n) is 4.23. The van der Waals surface area contributed by atoms with Gasteiger partial charge < -0.3 is 14.4 Å². The number of aliphatic hydroxyl groups is 1. The molecule has 0 radical (unpaired) electrons. The summed E-state index contributed by atoms with van der Waals surface area (Å²) in [5.74, 6) is 0. The molecule has 1 aliphatic rings. The highest BCUT2D eigenvalue weighted by molar-refractivity contribution is 5.28. The molecule has 1 aliphatic carbocycles. The molecule has 1 aromatic rings. The second-order valence-corrected chi connectivity index (χ2v) is 4.23. The molecule has 1 N–H and O–H groups in total. The molecule has 3 nitrogen and oxygen atoms in total. The van der Waals surface area contributed by atoms with Crippen molar-refractivity contribution in [2.75, 3.05) is 13.7 Å². The minimum absolute atomic E-state index is 0.238. The van der Waals surface area contributed by atoms with Crippen molar-refractivity contribution in [3.63, 3.8) is 0 Å². The smallest absolute Gasteiger partial charge is 0.0807 e. The fourth-order valence-corrected chi connectivity index (χ4v) is 2.24. The monoisotopic (exact) mass is 209 g/mol. The first-order valence-corrected chi connectivity index (χ1v) is 5.67. The van der Waals surface area contributed by atoms with E-state index in [-0.39, 0.29) is 6.10 Å². The van der Waals surface area contributed by atoms with E-state index in [2.05, 4.69) is 17.0 Å². The lowest BCUT2D eigenvalue weighted by Crippen LogP contribution is -2.05. The summed E-state index contributed by atoms with van der Waals surface area (Å²) in [6.07, 6.45) is 8.19. The number of ether oxygens (including phenoxy) is 1. The number of methoxy groups -OCH3 is 1. The van der Waals surface area contributed by atoms with Gasteiger partial charge in [0.1, 0.15) is 0 Å². The molecular weight excluding hydrogens is 190 g/mol. The maximum atomic E-state index is 9.81. The van der Waals surface area contributed by atoms with E-state index < -0.39 is 0 Å². The van der Waals surface area contributed by atoms with Crippen LogP contribution in [0, 0.1) is 0 Å². The molecule has 1 atom stereocenters. The van der Waals surface area contributed by atoms with Gasteiger partial charge in [0.05, 0.1) is 6.10 Å². The Morgan fingerprint density at radius 1 is 1.53 bits per heavy atom. The molecule has 1 unspecified atom stereocenters. The van der Waals surface area contributed by atoms with Crippen molar-refractivity contribution in [1.82, 2.24) is 4.57 Å². The van der Waals surface area contributed by atoms with Gasteiger partial charge in [-0.25, -0.2) is 0 Å². The van der Waals surface area contributed by atoms with E-state index in [1.807, 2.05) is 0 Å². The Kier molecular flexibility index (Phi) is 3.44. The summed E-state index contributed by atoms with van der Waals surface area (Å²) in [5, 5.41) is 9.81. The molecule has 0 bridgehead atoms. The maximum absolute atomic E-state index is 9.81. The van der Waals surface area contributed by atoms with E-state index in [0.717, 1.165) is 44.4 Å². The van der Waals surface area contributed by atoms with Gasteiger partial charge in [-0.2, -0.15) is 0 Å². The number of aryl methyl sites for hydroxylation is 2. The highest BCUT2D eigenvalue weighted by Gasteiger charge is 2.19. The Labute approximate surface area is 90.7 Å². The Morgan fingerprint density at radius 3 is 3.13 bits per heavy atom. The van der Waals surface area contributed by atoms with Crippen LogP contribution in [0.4, 0.5) is 0 Å². The molecule has 15 heavy (non-hydrogen) atoms. The third kappa shape index (κ3) is 2.41. The molecule has 1 aromatic heterocycles. The summed E-state index contributed by atoms with van der Waals surface area (Å²) >= 11 is 0. The zero-order valence-electron chi connectivity index (χ0n) is 9.28. The van der Waals surface area contributed by atoms with Crippen LogP contribution in [0.25, 0.3) is 0 Å². The topological polar surface area (TPSA) is 34.4 Å². The van der Waals surface area contributed by atoms with Crippen LogP contribution < -0.4 is 0 Å². The fourth-order valence-electron chi connectivity index (χ4n) is 2.24. The van der Waals surface area contributed by atoms with Crippen molar-refractivity contribution in [1.29, 1.82) is 0 Å². The molecule has 3 heteroatoms. The molecule has 0 saturated carbocycles. The van der Waals surface area contributed by atoms with E-state index in [4.69, 9.17) is 4.74 Å². The molecule has 0 aromatic carbocycles. The molecule has 84 valence electrons. The van der Waals surface area contributed by atoms with Crippen LogP contribution in [-0.4, -0.2) is 23.4 Å². The van der Waals surface area contributed by atoms with Crippen molar-refractivity contribution in [3.8, 4) is 0 Å². The van der Waals surface area contributed by atoms with Gasteiger partial charge in [0.2, 0.25) is 0 Å². The van der Waals surface area contributed by atoms with Crippen LogP contribution >= 0.6 is 0 Å². The van der Waals surface area contributed by atoms with Gasteiger partial charge >= 0.3 is 0 Å². The lowest BCUT2D eigenvalue weighted by atomic mass is 9.93. The largest absolute Gasteiger partial charge is 0.388 e. The lowest BCUT2D eigenvalue weighted by molar-refractivity contribution is 0.157. The van der Waals surface area contributed by atoms with E-state index in [0.29, 0.717) is 0 Å². The number of aromatic nitrogens is 1. The predicted octanol–water partition coefficient (Wildman–Crippen LogP) is 1.89. The summed E-state index contributed by atoms with van der Waals surface area (Å²) in [6.45, 7) is 1.78. The quantitative estimate of drug-likeness (QED) is 0.768. The molecular formula is C12H19NO2. The van der Waals surface area contributed by atoms with Crippen molar-refractivity contribution in [2.24, 2.45) is 0 Å². The first kappa shape index (κ1) is 10.7. The SMILES string of the molecule is COCCCn1cc2c(c1)C(O)CCC2. The van der Waals surface area contributed by atoms with Crippen LogP contribution in [0.1, 0.15) is 36.5 Å². The average Bonchev–Trinajstić information content (AvgIpc) is 2.63. The van der Waals surface area contributed by atoms with Crippen LogP contribution in [0.5, 0.6) is 0 Å². The summed E-state index contributed by atoms with van der Waals surface area (Å²) < 4.78 is 7.20. The zero-order chi connectivity index (χ0) is 10.7. The van der Waals surface area contributed by atoms with Gasteiger partial charge in [0, 0.05) is 38.2 Å². The third-order valence-corrected chi connectivity index (χ3v) is 3.04. The minimum atomic E-state index is -0.238. The van der Waals surface area contributed by atoms with Crippen molar-refractivity contribution in [3.05, 3.63) is 23.5 Å². The van der Waals surface area contributed by atoms with E-state index in [1.54, 1.807) is 7.11 Å². The number of fused-ring (bicyclic) bond motifs is 1. The summed E-state index contributed by atoms with van der Waals surface area (Å²) in [5.41, 5.74) is 2.46. The van der Waals surface area contributed by atoms with Gasteiger partial charge in [-0.3, -0.25) is 0 Å². The summed E-state index contributed by atoms with van der Waals surface area (Å²) in [7, 11) is 1.73. The van der Waals surface area contributed by atoms with E-state index in [9.17, 15) is 5.11 Å². The lowest BCUT2D eigenvalue weighted by Gasteiger charge is -2.16. The number of hydrogen-bond donors (Lipinski definition) is 1. The zero-order valence-corrected chi connectivity index (χ0v) is 9.28. The molecule has 0 fully saturated rings. The number of hydrogen-bond acceptors (Lipinski definition) is 2. The highest BCUT2D eigenvalue weighted by Crippen LogP contribution is 2.30. The van der Waals surface area contributed by atoms with Crippen LogP contribution in [-0.2, 0) is 17.7 Å². The molecule has 2 rings (SSSR count). The van der Waals surface area contributed by atoms with Gasteiger partial charge in [-0.05, 0) is 31.2 Å². The van der Waals surface area contributed by atoms with Gasteiger partial charge in [0.25, 0.3) is 0 Å². The van der Waals surface area contributed by atoms with Crippen LogP contribution in [0.3, 0.4) is 0 Å². The summed E-state index contributed by atoms with van der Waals surface area (Å²) in [6, 6.07) is 0. The summed E-state index contributed by atoms with van der Waals surface area (Å²) in [4.78, 5) is 0. The minimum Gasteiger partial charge on any atom is -0.388 e. The maximum Gasteiger partial charge on any atom is 0.0807 e. The average molecular weight is 209 g/mol. The number of rotatable bonds is 4. The molecule has 1 heterocycles. The van der Waals surface area contributed by atoms with Crippen molar-refractivity contribution < 1.29 is 9.84 Å². The van der Waals surface area contributed by atoms with Crippen LogP contribution in [0.2, 0.25) is 0 Å². The molecule has 0 aliphatic heterocycles. The normalized spacial score (nSPS) is 20.3. The third-order valence-electron chi connectivity index (χ3n) is 3.04. The first-order chi connectivity index (χ1) is 7.31. The Morgan fingerprint density at radius 2 is 2.40 bits per heavy atom. The standard InChI is InChI=1S/C12H19NO2/c1-15-7-3-6-13-8-10-4-2-5-12(14)11(10)9-13/h8-9,12,14H,2-7H2,1H3. The highest BCUT2D eigenvalue weighted by atomic mass is 16.5. The van der Waals surface area contributed by atoms with Gasteiger partial charge in [-0.15, -0.1) is 0 Å². The first-order valence-electron chi connectivity index (χ1n) is 5.67. The second kappa shape index (κ2) is 4.81. The predicted molar refractivity (Wildman–Crippen MR) is 58.8 cm³/mol. The van der Waals surface area contributed by atoms with Crippen molar-refractivity contribution >= 4 is 0 Å². The fraction of sp³-hybridized carbons (Fsp3) is 0.667. The van der Waals surface area contributed by atoms with Gasteiger partial charge in [0.15, 0.2) is 0 Å². The van der Waals surface area contributed by atoms with E-state index in [1.165, 1.54) is 5.56 Å². The molecule has 0 amide bonds. The van der Waals surface area contributed by atoms with Gasteiger partial charge in [-0.1, -0.05) is 0 Å². The van der Waals surface area contributed by atoms with E-state index >= 15 is 0 Å². The Hall–Kier alpha value is -0.800. The Bertz CT molecular complexity index is 319. The number of aliphatic hydroxyl groups excluding tert-OH is 1. The molecule has 0 saturated heterocycles.